The number of hydrogen-bond acceptors (Lipinski definition) is 7. The van der Waals surface area contributed by atoms with Crippen molar-refractivity contribution in [3.05, 3.63) is 120 Å². The number of rotatable bonds is 13. The smallest absolute Gasteiger partial charge is 0.343 e. The first kappa shape index (κ1) is 27.9. The average molecular weight is 539 g/mol. The zero-order chi connectivity index (χ0) is 28.0. The van der Waals surface area contributed by atoms with E-state index in [9.17, 15) is 9.59 Å². The van der Waals surface area contributed by atoms with Gasteiger partial charge in [-0.1, -0.05) is 37.3 Å². The maximum absolute atomic E-state index is 12.4. The SMILES string of the molecule is CCCOc1ccc(C(=O)Oc2ccc(C=NNC(=O)COc3ccc(OCc4ccccc4)cc3)cc2)cc1. The summed E-state index contributed by atoms with van der Waals surface area (Å²) in [6.45, 7) is 2.93. The monoisotopic (exact) mass is 538 g/mol. The average Bonchev–Trinajstić information content (AvgIpc) is 3.00. The van der Waals surface area contributed by atoms with Crippen molar-refractivity contribution in [3.63, 3.8) is 0 Å². The molecule has 0 heterocycles. The Bertz CT molecular complexity index is 1390. The van der Waals surface area contributed by atoms with Gasteiger partial charge in [-0.05, 0) is 90.3 Å². The predicted octanol–water partition coefficient (Wildman–Crippen LogP) is 5.80. The number of hydrazone groups is 1. The number of hydrogen-bond donors (Lipinski definition) is 1. The molecule has 0 bridgehead atoms. The number of nitrogens with one attached hydrogen (secondary N) is 1. The Kier molecular flexibility index (Phi) is 10.3. The number of benzene rings is 4. The maximum Gasteiger partial charge on any atom is 0.343 e. The standard InChI is InChI=1S/C32H30N2O6/c1-2-20-37-27-14-10-26(11-15-27)32(36)40-30-12-8-24(9-13-30)21-33-34-31(35)23-39-29-18-16-28(17-19-29)38-22-25-6-4-3-5-7-25/h3-19,21H,2,20,22-23H2,1H3,(H,34,35). The number of carbonyl (C=O) groups excluding carboxylic acids is 2. The first-order valence-corrected chi connectivity index (χ1v) is 12.9. The van der Waals surface area contributed by atoms with Crippen molar-refractivity contribution in [2.45, 2.75) is 20.0 Å². The van der Waals surface area contributed by atoms with Gasteiger partial charge in [0.2, 0.25) is 0 Å². The molecule has 4 aromatic carbocycles. The fourth-order valence-electron chi connectivity index (χ4n) is 3.43. The molecular formula is C32H30N2O6. The quantitative estimate of drug-likeness (QED) is 0.100. The second-order valence-electron chi connectivity index (χ2n) is 8.66. The first-order chi connectivity index (χ1) is 19.6. The van der Waals surface area contributed by atoms with Gasteiger partial charge in [-0.25, -0.2) is 10.2 Å². The normalized spacial score (nSPS) is 10.6. The lowest BCUT2D eigenvalue weighted by Crippen LogP contribution is -2.24. The Morgan fingerprint density at radius 3 is 2.00 bits per heavy atom. The van der Waals surface area contributed by atoms with E-state index >= 15 is 0 Å². The van der Waals surface area contributed by atoms with Crippen molar-refractivity contribution in [3.8, 4) is 23.0 Å². The van der Waals surface area contributed by atoms with Crippen LogP contribution in [0.25, 0.3) is 0 Å². The fourth-order valence-corrected chi connectivity index (χ4v) is 3.43. The zero-order valence-corrected chi connectivity index (χ0v) is 22.1. The Morgan fingerprint density at radius 1 is 0.725 bits per heavy atom. The van der Waals surface area contributed by atoms with Crippen LogP contribution < -0.4 is 24.4 Å². The van der Waals surface area contributed by atoms with Gasteiger partial charge in [0, 0.05) is 0 Å². The molecule has 0 saturated heterocycles. The molecule has 1 amide bonds. The van der Waals surface area contributed by atoms with Gasteiger partial charge in [-0.3, -0.25) is 4.79 Å². The van der Waals surface area contributed by atoms with E-state index in [-0.39, 0.29) is 6.61 Å². The third-order valence-corrected chi connectivity index (χ3v) is 5.50. The predicted molar refractivity (Wildman–Crippen MR) is 152 cm³/mol. The van der Waals surface area contributed by atoms with Gasteiger partial charge in [-0.2, -0.15) is 5.10 Å². The molecule has 4 aromatic rings. The molecule has 0 fully saturated rings. The molecule has 8 heteroatoms. The first-order valence-electron chi connectivity index (χ1n) is 12.9. The van der Waals surface area contributed by atoms with E-state index in [1.807, 2.05) is 37.3 Å². The number of amides is 1. The van der Waals surface area contributed by atoms with Crippen LogP contribution in [-0.2, 0) is 11.4 Å². The van der Waals surface area contributed by atoms with E-state index in [1.165, 1.54) is 6.21 Å². The largest absolute Gasteiger partial charge is 0.494 e. The Labute approximate surface area is 233 Å². The van der Waals surface area contributed by atoms with Crippen LogP contribution in [-0.4, -0.2) is 31.3 Å². The third-order valence-electron chi connectivity index (χ3n) is 5.50. The molecule has 0 aliphatic carbocycles. The summed E-state index contributed by atoms with van der Waals surface area (Å²) in [4.78, 5) is 24.5. The summed E-state index contributed by atoms with van der Waals surface area (Å²) in [5, 5.41) is 3.94. The lowest BCUT2D eigenvalue weighted by atomic mass is 10.2. The van der Waals surface area contributed by atoms with Crippen LogP contribution in [0.15, 0.2) is 108 Å². The van der Waals surface area contributed by atoms with Crippen LogP contribution in [0.5, 0.6) is 23.0 Å². The molecule has 1 N–H and O–H groups in total. The van der Waals surface area contributed by atoms with E-state index in [1.54, 1.807) is 72.8 Å². The highest BCUT2D eigenvalue weighted by atomic mass is 16.5. The molecule has 204 valence electrons. The van der Waals surface area contributed by atoms with Crippen LogP contribution in [0.4, 0.5) is 0 Å². The molecule has 4 rings (SSSR count). The highest BCUT2D eigenvalue weighted by Gasteiger charge is 2.09. The van der Waals surface area contributed by atoms with E-state index < -0.39 is 11.9 Å². The second kappa shape index (κ2) is 14.7. The topological polar surface area (TPSA) is 95.5 Å². The summed E-state index contributed by atoms with van der Waals surface area (Å²) in [6.07, 6.45) is 2.39. The number of esters is 1. The molecule has 40 heavy (non-hydrogen) atoms. The van der Waals surface area contributed by atoms with Crippen LogP contribution in [0.1, 0.15) is 34.8 Å². The highest BCUT2D eigenvalue weighted by molar-refractivity contribution is 5.91. The van der Waals surface area contributed by atoms with Gasteiger partial charge in [0.25, 0.3) is 5.91 Å². The Morgan fingerprint density at radius 2 is 1.32 bits per heavy atom. The number of nitrogens with zero attached hydrogens (tertiary/aromatic N) is 1. The summed E-state index contributed by atoms with van der Waals surface area (Å²) < 4.78 is 22.2. The van der Waals surface area contributed by atoms with Crippen molar-refractivity contribution in [2.75, 3.05) is 13.2 Å². The number of ether oxygens (including phenoxy) is 4. The summed E-state index contributed by atoms with van der Waals surface area (Å²) in [7, 11) is 0. The lowest BCUT2D eigenvalue weighted by Gasteiger charge is -2.08. The highest BCUT2D eigenvalue weighted by Crippen LogP contribution is 2.19. The van der Waals surface area contributed by atoms with Crippen molar-refractivity contribution in [1.29, 1.82) is 0 Å². The second-order valence-corrected chi connectivity index (χ2v) is 8.66. The minimum atomic E-state index is -0.468. The minimum absolute atomic E-state index is 0.192. The van der Waals surface area contributed by atoms with Crippen LogP contribution in [0.2, 0.25) is 0 Å². The van der Waals surface area contributed by atoms with E-state index in [0.717, 1.165) is 12.0 Å². The van der Waals surface area contributed by atoms with E-state index in [0.29, 0.717) is 47.3 Å². The molecule has 8 nitrogen and oxygen atoms in total. The Hall–Kier alpha value is -5.11. The molecule has 0 spiro atoms. The number of carbonyl (C=O) groups is 2. The lowest BCUT2D eigenvalue weighted by molar-refractivity contribution is -0.123. The van der Waals surface area contributed by atoms with Gasteiger partial charge in [-0.15, -0.1) is 0 Å². The molecule has 0 aliphatic heterocycles. The van der Waals surface area contributed by atoms with Crippen LogP contribution in [0, 0.1) is 0 Å². The maximum atomic E-state index is 12.4. The van der Waals surface area contributed by atoms with Crippen molar-refractivity contribution in [1.82, 2.24) is 5.43 Å². The summed E-state index contributed by atoms with van der Waals surface area (Å²) in [6, 6.07) is 30.5. The van der Waals surface area contributed by atoms with Gasteiger partial charge in [0.15, 0.2) is 6.61 Å². The van der Waals surface area contributed by atoms with E-state index in [2.05, 4.69) is 10.5 Å². The molecule has 0 aliphatic rings. The van der Waals surface area contributed by atoms with Gasteiger partial charge >= 0.3 is 5.97 Å². The van der Waals surface area contributed by atoms with Gasteiger partial charge in [0.05, 0.1) is 18.4 Å². The van der Waals surface area contributed by atoms with E-state index in [4.69, 9.17) is 18.9 Å². The van der Waals surface area contributed by atoms with Crippen molar-refractivity contribution >= 4 is 18.1 Å². The van der Waals surface area contributed by atoms with Gasteiger partial charge in [0.1, 0.15) is 29.6 Å². The Balaban J connectivity index is 1.16. The fraction of sp³-hybridized carbons (Fsp3) is 0.156. The summed E-state index contributed by atoms with van der Waals surface area (Å²) >= 11 is 0. The third kappa shape index (κ3) is 9.02. The summed E-state index contributed by atoms with van der Waals surface area (Å²) in [5.41, 5.74) is 4.64. The van der Waals surface area contributed by atoms with Gasteiger partial charge < -0.3 is 18.9 Å². The molecule has 0 aromatic heterocycles. The minimum Gasteiger partial charge on any atom is -0.494 e. The molecule has 0 atom stereocenters. The zero-order valence-electron chi connectivity index (χ0n) is 22.1. The van der Waals surface area contributed by atoms with Crippen LogP contribution >= 0.6 is 0 Å². The molecule has 0 unspecified atom stereocenters. The van der Waals surface area contributed by atoms with Crippen molar-refractivity contribution < 1.29 is 28.5 Å². The summed E-state index contributed by atoms with van der Waals surface area (Å²) in [5.74, 6) is 1.47. The molecule has 0 saturated carbocycles. The van der Waals surface area contributed by atoms with Crippen molar-refractivity contribution in [2.24, 2.45) is 5.10 Å². The molecule has 0 radical (unpaired) electrons. The van der Waals surface area contributed by atoms with Crippen LogP contribution in [0.3, 0.4) is 0 Å². The molecular weight excluding hydrogens is 508 g/mol.